The maximum atomic E-state index is 6.59. The molecule has 0 aliphatic heterocycles. The monoisotopic (exact) mass is 545 g/mol. The third-order valence-electron chi connectivity index (χ3n) is 8.52. The van der Waals surface area contributed by atoms with Gasteiger partial charge in [0.2, 0.25) is 5.71 Å². The number of para-hydroxylation sites is 3. The van der Waals surface area contributed by atoms with Crippen molar-refractivity contribution in [1.29, 1.82) is 0 Å². The molecule has 5 aromatic carbocycles. The summed E-state index contributed by atoms with van der Waals surface area (Å²) in [6.07, 6.45) is 0. The van der Waals surface area contributed by atoms with Crippen molar-refractivity contribution in [3.8, 4) is 17.1 Å². The van der Waals surface area contributed by atoms with E-state index < -0.39 is 0 Å². The average molecular weight is 546 g/mol. The zero-order chi connectivity index (χ0) is 28.5. The summed E-state index contributed by atoms with van der Waals surface area (Å²) in [5.41, 5.74) is 7.99. The molecular weight excluding hydrogens is 514 g/mol. The third-order valence-corrected chi connectivity index (χ3v) is 8.52. The van der Waals surface area contributed by atoms with Crippen LogP contribution >= 0.6 is 0 Å². The maximum absolute atomic E-state index is 6.59. The Morgan fingerprint density at radius 1 is 0.571 bits per heavy atom. The number of aromatic nitrogens is 3. The third kappa shape index (κ3) is 3.54. The van der Waals surface area contributed by atoms with Crippen LogP contribution in [-0.2, 0) is 0 Å². The minimum atomic E-state index is 0.282. The largest absolute Gasteiger partial charge is 0.437 e. The summed E-state index contributed by atoms with van der Waals surface area (Å²) < 4.78 is 8.96. The van der Waals surface area contributed by atoms with Crippen molar-refractivity contribution >= 4 is 54.6 Å². The Labute approximate surface area is 244 Å². The molecule has 0 atom stereocenters. The van der Waals surface area contributed by atoms with E-state index >= 15 is 0 Å². The summed E-state index contributed by atoms with van der Waals surface area (Å²) in [7, 11) is 0. The van der Waals surface area contributed by atoms with E-state index in [0.717, 1.165) is 44.5 Å². The molecule has 42 heavy (non-hydrogen) atoms. The molecule has 204 valence electrons. The summed E-state index contributed by atoms with van der Waals surface area (Å²) in [5.74, 6) is 1.47. The molecule has 0 unspecified atom stereocenters. The lowest BCUT2D eigenvalue weighted by molar-refractivity contribution is 0.648. The Kier molecular flexibility index (Phi) is 5.48. The van der Waals surface area contributed by atoms with Gasteiger partial charge in [-0.15, -0.1) is 0 Å². The zero-order valence-electron chi connectivity index (χ0n) is 24.2. The highest BCUT2D eigenvalue weighted by molar-refractivity contribution is 6.14. The van der Waals surface area contributed by atoms with E-state index in [9.17, 15) is 0 Å². The molecule has 0 saturated heterocycles. The molecule has 0 spiro atoms. The van der Waals surface area contributed by atoms with Crippen LogP contribution in [0.4, 0.5) is 0 Å². The van der Waals surface area contributed by atoms with Crippen molar-refractivity contribution in [2.24, 2.45) is 0 Å². The first-order valence-corrected chi connectivity index (χ1v) is 14.7. The van der Waals surface area contributed by atoms with E-state index in [0.29, 0.717) is 11.6 Å². The topological polar surface area (TPSA) is 43.9 Å². The molecule has 0 N–H and O–H groups in total. The number of nitrogens with zero attached hydrogens (tertiary/aromatic N) is 3. The van der Waals surface area contributed by atoms with Crippen LogP contribution in [0.25, 0.3) is 71.7 Å². The fraction of sp³-hybridized carbons (Fsp3) is 0.158. The van der Waals surface area contributed by atoms with Gasteiger partial charge in [0, 0.05) is 21.9 Å². The Hall–Kier alpha value is -4.96. The summed E-state index contributed by atoms with van der Waals surface area (Å²) in [6, 6.07) is 36.6. The highest BCUT2D eigenvalue weighted by Crippen LogP contribution is 2.43. The Bertz CT molecular complexity index is 2320. The number of pyridine rings is 1. The van der Waals surface area contributed by atoms with Gasteiger partial charge in [-0.1, -0.05) is 100 Å². The van der Waals surface area contributed by atoms with Gasteiger partial charge in [0.1, 0.15) is 11.4 Å². The van der Waals surface area contributed by atoms with Gasteiger partial charge in [-0.2, -0.15) is 0 Å². The van der Waals surface area contributed by atoms with Gasteiger partial charge in [-0.3, -0.25) is 4.57 Å². The Morgan fingerprint density at radius 3 is 2.00 bits per heavy atom. The number of furan rings is 1. The lowest BCUT2D eigenvalue weighted by Crippen LogP contribution is -2.06. The second-order valence-corrected chi connectivity index (χ2v) is 11.8. The quantitative estimate of drug-likeness (QED) is 0.207. The first-order valence-electron chi connectivity index (χ1n) is 14.7. The predicted molar refractivity (Wildman–Crippen MR) is 175 cm³/mol. The fourth-order valence-corrected chi connectivity index (χ4v) is 6.60. The molecule has 0 radical (unpaired) electrons. The molecule has 4 heteroatoms. The number of hydrogen-bond acceptors (Lipinski definition) is 3. The Morgan fingerprint density at radius 2 is 1.24 bits per heavy atom. The van der Waals surface area contributed by atoms with Crippen molar-refractivity contribution < 1.29 is 4.42 Å². The first kappa shape index (κ1) is 24.8. The minimum Gasteiger partial charge on any atom is -0.437 e. The maximum Gasteiger partial charge on any atom is 0.227 e. The van der Waals surface area contributed by atoms with Gasteiger partial charge in [-0.05, 0) is 63.9 Å². The molecule has 0 aliphatic rings. The van der Waals surface area contributed by atoms with Crippen molar-refractivity contribution in [2.75, 3.05) is 0 Å². The molecule has 8 aromatic rings. The van der Waals surface area contributed by atoms with E-state index in [1.54, 1.807) is 0 Å². The highest BCUT2D eigenvalue weighted by atomic mass is 16.3. The highest BCUT2D eigenvalue weighted by Gasteiger charge is 2.25. The van der Waals surface area contributed by atoms with Gasteiger partial charge in [0.05, 0.1) is 22.3 Å². The molecule has 0 fully saturated rings. The van der Waals surface area contributed by atoms with Crippen LogP contribution in [0.15, 0.2) is 108 Å². The molecule has 3 heterocycles. The normalized spacial score (nSPS) is 12.2. The molecular formula is C38H31N3O. The fourth-order valence-electron chi connectivity index (χ4n) is 6.60. The first-order chi connectivity index (χ1) is 20.5. The van der Waals surface area contributed by atoms with E-state index in [2.05, 4.69) is 135 Å². The Balaban J connectivity index is 1.54. The van der Waals surface area contributed by atoms with Crippen molar-refractivity contribution in [2.45, 2.75) is 39.5 Å². The SMILES string of the molecule is CC(C)c1ccc2c(n1)oc1c(-c3nc4ccccc4n3-c3c(C(C)C)c4ccccc4c4ccccc34)cccc12. The van der Waals surface area contributed by atoms with Gasteiger partial charge in [-0.25, -0.2) is 9.97 Å². The minimum absolute atomic E-state index is 0.282. The van der Waals surface area contributed by atoms with Gasteiger partial charge in [0.25, 0.3) is 0 Å². The van der Waals surface area contributed by atoms with E-state index in [-0.39, 0.29) is 5.92 Å². The molecule has 0 amide bonds. The zero-order valence-corrected chi connectivity index (χ0v) is 24.2. The summed E-state index contributed by atoms with van der Waals surface area (Å²) in [6.45, 7) is 8.89. The van der Waals surface area contributed by atoms with Crippen LogP contribution in [0.3, 0.4) is 0 Å². The van der Waals surface area contributed by atoms with Gasteiger partial charge in [0.15, 0.2) is 0 Å². The number of hydrogen-bond donors (Lipinski definition) is 0. The van der Waals surface area contributed by atoms with Crippen LogP contribution < -0.4 is 0 Å². The number of rotatable bonds is 4. The van der Waals surface area contributed by atoms with E-state index in [1.807, 2.05) is 0 Å². The predicted octanol–water partition coefficient (Wildman–Crippen LogP) is 10.5. The van der Waals surface area contributed by atoms with Crippen LogP contribution in [-0.4, -0.2) is 14.5 Å². The summed E-state index contributed by atoms with van der Waals surface area (Å²) in [4.78, 5) is 10.2. The molecule has 0 bridgehead atoms. The standard InChI is InChI=1S/C38H31N3O/c1-22(2)31-21-20-29-28-16-11-17-30(36(28)42-38(29)40-31)37-39-32-18-9-10-19-33(32)41(37)35-27-15-8-6-13-25(27)24-12-5-7-14-26(24)34(35)23(3)4/h5-23H,1-4H3. The van der Waals surface area contributed by atoms with E-state index in [4.69, 9.17) is 14.4 Å². The molecule has 3 aromatic heterocycles. The average Bonchev–Trinajstić information content (AvgIpc) is 3.58. The smallest absolute Gasteiger partial charge is 0.227 e. The van der Waals surface area contributed by atoms with Crippen LogP contribution in [0.1, 0.15) is 50.8 Å². The molecule has 0 aliphatic carbocycles. The van der Waals surface area contributed by atoms with Crippen LogP contribution in [0.2, 0.25) is 0 Å². The van der Waals surface area contributed by atoms with Crippen LogP contribution in [0.5, 0.6) is 0 Å². The molecule has 0 saturated carbocycles. The lowest BCUT2D eigenvalue weighted by atomic mass is 9.89. The summed E-state index contributed by atoms with van der Waals surface area (Å²) in [5, 5.41) is 7.08. The number of imidazole rings is 1. The number of fused-ring (bicyclic) bond motifs is 7. The van der Waals surface area contributed by atoms with E-state index in [1.165, 1.54) is 32.8 Å². The van der Waals surface area contributed by atoms with Crippen molar-refractivity contribution in [3.05, 3.63) is 114 Å². The van der Waals surface area contributed by atoms with Crippen molar-refractivity contribution in [1.82, 2.24) is 14.5 Å². The van der Waals surface area contributed by atoms with Gasteiger partial charge < -0.3 is 4.42 Å². The van der Waals surface area contributed by atoms with Crippen LogP contribution in [0, 0.1) is 0 Å². The van der Waals surface area contributed by atoms with Gasteiger partial charge >= 0.3 is 0 Å². The second-order valence-electron chi connectivity index (χ2n) is 11.8. The lowest BCUT2D eigenvalue weighted by Gasteiger charge is -2.22. The second kappa shape index (κ2) is 9.28. The molecule has 4 nitrogen and oxygen atoms in total. The molecule has 8 rings (SSSR count). The number of benzene rings is 5. The van der Waals surface area contributed by atoms with Crippen molar-refractivity contribution in [3.63, 3.8) is 0 Å². The summed E-state index contributed by atoms with van der Waals surface area (Å²) >= 11 is 0.